The van der Waals surface area contributed by atoms with E-state index in [1.807, 2.05) is 0 Å². The van der Waals surface area contributed by atoms with E-state index < -0.39 is 24.2 Å². The fraction of sp³-hybridized carbons (Fsp3) is 0.846. The summed E-state index contributed by atoms with van der Waals surface area (Å²) < 4.78 is 10.2. The molecule has 0 aromatic carbocycles. The van der Waals surface area contributed by atoms with Crippen LogP contribution < -0.4 is 0 Å². The van der Waals surface area contributed by atoms with Crippen molar-refractivity contribution in [3.63, 3.8) is 0 Å². The molecule has 1 saturated heterocycles. The van der Waals surface area contributed by atoms with Gasteiger partial charge in [0.2, 0.25) is 0 Å². The topological polar surface area (TPSA) is 76.1 Å². The maximum absolute atomic E-state index is 12.0. The number of β-amino-alcohol motifs (C(OH)–C–C–N with tert-alkyl or cyclic N) is 1. The highest BCUT2D eigenvalue weighted by atomic mass is 16.6. The third kappa shape index (κ3) is 4.70. The molecular weight excluding hydrogens is 250 g/mol. The van der Waals surface area contributed by atoms with Gasteiger partial charge in [-0.15, -0.1) is 0 Å². The zero-order valence-electron chi connectivity index (χ0n) is 12.0. The molecule has 110 valence electrons. The first-order valence-electron chi connectivity index (χ1n) is 6.67. The summed E-state index contributed by atoms with van der Waals surface area (Å²) in [6.45, 7) is 7.08. The Balaban J connectivity index is 2.75. The molecule has 2 atom stereocenters. The zero-order valence-corrected chi connectivity index (χ0v) is 12.0. The minimum Gasteiger partial charge on any atom is -0.461 e. The van der Waals surface area contributed by atoms with Crippen LogP contribution in [0, 0.1) is 0 Å². The Kier molecular flexibility index (Phi) is 5.60. The summed E-state index contributed by atoms with van der Waals surface area (Å²) >= 11 is 0. The van der Waals surface area contributed by atoms with Crippen LogP contribution in [0.1, 0.15) is 40.5 Å². The third-order valence-corrected chi connectivity index (χ3v) is 2.75. The van der Waals surface area contributed by atoms with E-state index >= 15 is 0 Å². The van der Waals surface area contributed by atoms with E-state index in [9.17, 15) is 14.7 Å². The van der Waals surface area contributed by atoms with Crippen molar-refractivity contribution >= 4 is 12.1 Å². The quantitative estimate of drug-likeness (QED) is 0.785. The third-order valence-electron chi connectivity index (χ3n) is 2.75. The van der Waals surface area contributed by atoms with Gasteiger partial charge < -0.3 is 14.6 Å². The maximum Gasteiger partial charge on any atom is 0.410 e. The predicted octanol–water partition coefficient (Wildman–Crippen LogP) is 1.31. The second kappa shape index (κ2) is 6.75. The molecule has 1 rings (SSSR count). The highest BCUT2D eigenvalue weighted by Gasteiger charge is 2.37. The van der Waals surface area contributed by atoms with Gasteiger partial charge in [0.15, 0.2) is 0 Å². The Morgan fingerprint density at radius 2 is 1.68 bits per heavy atom. The SMILES string of the molecule is CC(C)OC(=O)[C@@H]1CC[C@@H](O)CN1C(=O)OC(C)C. The van der Waals surface area contributed by atoms with Crippen molar-refractivity contribution in [2.45, 2.75) is 64.9 Å². The summed E-state index contributed by atoms with van der Waals surface area (Å²) in [7, 11) is 0. The predicted molar refractivity (Wildman–Crippen MR) is 68.6 cm³/mol. The van der Waals surface area contributed by atoms with Crippen LogP contribution in [0.25, 0.3) is 0 Å². The molecular formula is C13H23NO5. The molecule has 6 nitrogen and oxygen atoms in total. The van der Waals surface area contributed by atoms with Crippen molar-refractivity contribution in [3.05, 3.63) is 0 Å². The fourth-order valence-electron chi connectivity index (χ4n) is 1.98. The van der Waals surface area contributed by atoms with Crippen LogP contribution >= 0.6 is 0 Å². The van der Waals surface area contributed by atoms with Crippen LogP contribution in [-0.2, 0) is 14.3 Å². The Bertz CT molecular complexity index is 329. The van der Waals surface area contributed by atoms with E-state index in [0.29, 0.717) is 12.8 Å². The van der Waals surface area contributed by atoms with Crippen LogP contribution in [0.5, 0.6) is 0 Å². The summed E-state index contributed by atoms with van der Waals surface area (Å²) in [6, 6.07) is -0.669. The fourth-order valence-corrected chi connectivity index (χ4v) is 1.98. The molecule has 1 heterocycles. The summed E-state index contributed by atoms with van der Waals surface area (Å²) in [5.41, 5.74) is 0. The summed E-state index contributed by atoms with van der Waals surface area (Å²) in [6.07, 6.45) is -0.846. The van der Waals surface area contributed by atoms with Crippen LogP contribution in [0.3, 0.4) is 0 Å². The van der Waals surface area contributed by atoms with E-state index in [-0.39, 0.29) is 18.8 Å². The minimum atomic E-state index is -0.669. The summed E-state index contributed by atoms with van der Waals surface area (Å²) in [5, 5.41) is 9.64. The minimum absolute atomic E-state index is 0.101. The summed E-state index contributed by atoms with van der Waals surface area (Å²) in [4.78, 5) is 25.2. The number of amides is 1. The standard InChI is InChI=1S/C13H23NO5/c1-8(2)18-12(16)11-6-5-10(15)7-14(11)13(17)19-9(3)4/h8-11,15H,5-7H2,1-4H3/t10-,11+/m1/s1. The van der Waals surface area contributed by atoms with E-state index in [0.717, 1.165) is 0 Å². The average molecular weight is 273 g/mol. The molecule has 0 bridgehead atoms. The molecule has 0 aromatic heterocycles. The van der Waals surface area contributed by atoms with Gasteiger partial charge in [-0.05, 0) is 40.5 Å². The van der Waals surface area contributed by atoms with Gasteiger partial charge in [-0.1, -0.05) is 0 Å². The monoisotopic (exact) mass is 273 g/mol. The largest absolute Gasteiger partial charge is 0.461 e. The van der Waals surface area contributed by atoms with Gasteiger partial charge in [0, 0.05) is 0 Å². The highest BCUT2D eigenvalue weighted by molar-refractivity contribution is 5.81. The Hall–Kier alpha value is -1.30. The number of hydrogen-bond acceptors (Lipinski definition) is 5. The van der Waals surface area contributed by atoms with Crippen molar-refractivity contribution in [2.24, 2.45) is 0 Å². The second-order valence-electron chi connectivity index (χ2n) is 5.32. The number of piperidine rings is 1. The van der Waals surface area contributed by atoms with E-state index in [1.165, 1.54) is 4.90 Å². The first-order chi connectivity index (χ1) is 8.81. The second-order valence-corrected chi connectivity index (χ2v) is 5.32. The Labute approximate surface area is 113 Å². The molecule has 0 aromatic rings. The van der Waals surface area contributed by atoms with E-state index in [4.69, 9.17) is 9.47 Å². The number of carbonyl (C=O) groups excluding carboxylic acids is 2. The summed E-state index contributed by atoms with van der Waals surface area (Å²) in [5.74, 6) is -0.442. The lowest BCUT2D eigenvalue weighted by Crippen LogP contribution is -2.53. The number of esters is 1. The molecule has 6 heteroatoms. The van der Waals surface area contributed by atoms with Crippen molar-refractivity contribution < 1.29 is 24.2 Å². The smallest absolute Gasteiger partial charge is 0.410 e. The number of hydrogen-bond donors (Lipinski definition) is 1. The number of ether oxygens (including phenoxy) is 2. The number of likely N-dealkylation sites (tertiary alicyclic amines) is 1. The molecule has 0 spiro atoms. The lowest BCUT2D eigenvalue weighted by atomic mass is 10.0. The first-order valence-corrected chi connectivity index (χ1v) is 6.67. The normalized spacial score (nSPS) is 23.6. The van der Waals surface area contributed by atoms with Gasteiger partial charge in [-0.2, -0.15) is 0 Å². The number of rotatable bonds is 3. The molecule has 1 aliphatic rings. The molecule has 1 fully saturated rings. The first kappa shape index (κ1) is 15.8. The number of aliphatic hydroxyl groups excluding tert-OH is 1. The van der Waals surface area contributed by atoms with Crippen molar-refractivity contribution in [1.29, 1.82) is 0 Å². The van der Waals surface area contributed by atoms with Crippen LogP contribution in [0.15, 0.2) is 0 Å². The molecule has 0 saturated carbocycles. The lowest BCUT2D eigenvalue weighted by Gasteiger charge is -2.36. The van der Waals surface area contributed by atoms with E-state index in [1.54, 1.807) is 27.7 Å². The molecule has 0 radical (unpaired) electrons. The van der Waals surface area contributed by atoms with Gasteiger partial charge >= 0.3 is 12.1 Å². The molecule has 0 aliphatic carbocycles. The number of aliphatic hydroxyl groups is 1. The van der Waals surface area contributed by atoms with Crippen molar-refractivity contribution in [2.75, 3.05) is 6.54 Å². The van der Waals surface area contributed by atoms with Crippen molar-refractivity contribution in [3.8, 4) is 0 Å². The molecule has 19 heavy (non-hydrogen) atoms. The Morgan fingerprint density at radius 1 is 1.11 bits per heavy atom. The molecule has 1 N–H and O–H groups in total. The van der Waals surface area contributed by atoms with Gasteiger partial charge in [-0.3, -0.25) is 4.90 Å². The maximum atomic E-state index is 12.0. The van der Waals surface area contributed by atoms with Gasteiger partial charge in [-0.25, -0.2) is 9.59 Å². The molecule has 1 aliphatic heterocycles. The number of nitrogens with zero attached hydrogens (tertiary/aromatic N) is 1. The molecule has 0 unspecified atom stereocenters. The Morgan fingerprint density at radius 3 is 2.21 bits per heavy atom. The van der Waals surface area contributed by atoms with Crippen LogP contribution in [0.2, 0.25) is 0 Å². The number of carbonyl (C=O) groups is 2. The van der Waals surface area contributed by atoms with Crippen molar-refractivity contribution in [1.82, 2.24) is 4.90 Å². The zero-order chi connectivity index (χ0) is 14.6. The van der Waals surface area contributed by atoms with E-state index in [2.05, 4.69) is 0 Å². The molecule has 1 amide bonds. The lowest BCUT2D eigenvalue weighted by molar-refractivity contribution is -0.155. The van der Waals surface area contributed by atoms with Crippen LogP contribution in [0.4, 0.5) is 4.79 Å². The highest BCUT2D eigenvalue weighted by Crippen LogP contribution is 2.20. The average Bonchev–Trinajstić information content (AvgIpc) is 2.26. The van der Waals surface area contributed by atoms with Crippen LogP contribution in [-0.4, -0.2) is 53.0 Å². The van der Waals surface area contributed by atoms with Gasteiger partial charge in [0.1, 0.15) is 6.04 Å². The van der Waals surface area contributed by atoms with Gasteiger partial charge in [0.05, 0.1) is 24.9 Å². The van der Waals surface area contributed by atoms with Gasteiger partial charge in [0.25, 0.3) is 0 Å².